The number of benzene rings is 2. The van der Waals surface area contributed by atoms with Gasteiger partial charge in [0.25, 0.3) is 0 Å². The highest BCUT2D eigenvalue weighted by molar-refractivity contribution is 14.1. The third-order valence-corrected chi connectivity index (χ3v) is 4.52. The second-order valence-electron chi connectivity index (χ2n) is 4.40. The van der Waals surface area contributed by atoms with Crippen LogP contribution in [0.15, 0.2) is 62.4 Å². The molecule has 0 unspecified atom stereocenters. The molecule has 0 aliphatic rings. The van der Waals surface area contributed by atoms with Crippen molar-refractivity contribution in [1.29, 1.82) is 0 Å². The zero-order valence-corrected chi connectivity index (χ0v) is 14.9. The van der Waals surface area contributed by atoms with E-state index in [9.17, 15) is 5.11 Å². The van der Waals surface area contributed by atoms with Gasteiger partial charge in [-0.05, 0) is 62.8 Å². The zero-order chi connectivity index (χ0) is 15.5. The summed E-state index contributed by atoms with van der Waals surface area (Å²) in [6.45, 7) is 0. The molecule has 4 nitrogen and oxygen atoms in total. The largest absolute Gasteiger partial charge is 0.479 e. The van der Waals surface area contributed by atoms with E-state index in [1.165, 1.54) is 6.21 Å². The van der Waals surface area contributed by atoms with Gasteiger partial charge < -0.3 is 9.52 Å². The van der Waals surface area contributed by atoms with Crippen LogP contribution in [-0.2, 0) is 0 Å². The maximum absolute atomic E-state index is 9.89. The zero-order valence-electron chi connectivity index (χ0n) is 11.2. The topological polar surface area (TPSA) is 58.6 Å². The second kappa shape index (κ2) is 6.62. The summed E-state index contributed by atoms with van der Waals surface area (Å²) in [5.74, 6) is 0.0922. The van der Waals surface area contributed by atoms with Crippen LogP contribution in [0.25, 0.3) is 11.5 Å². The van der Waals surface area contributed by atoms with Crippen molar-refractivity contribution in [2.45, 2.75) is 0 Å². The van der Waals surface area contributed by atoms with E-state index in [0.717, 1.165) is 19.3 Å². The number of aromatic hydroxyl groups is 1. The first kappa shape index (κ1) is 15.2. The highest BCUT2D eigenvalue weighted by atomic mass is 127. The van der Waals surface area contributed by atoms with E-state index < -0.39 is 0 Å². The van der Waals surface area contributed by atoms with Gasteiger partial charge >= 0.3 is 5.95 Å². The van der Waals surface area contributed by atoms with Crippen LogP contribution in [-0.4, -0.2) is 16.3 Å². The van der Waals surface area contributed by atoms with Crippen molar-refractivity contribution in [3.8, 4) is 17.4 Å². The Morgan fingerprint density at radius 1 is 1.14 bits per heavy atom. The van der Waals surface area contributed by atoms with E-state index in [2.05, 4.69) is 48.5 Å². The molecule has 6 heteroatoms. The number of rotatable bonds is 3. The molecular weight excluding hydrogens is 459 g/mol. The monoisotopic (exact) mass is 468 g/mol. The Morgan fingerprint density at radius 2 is 1.86 bits per heavy atom. The Morgan fingerprint density at radius 3 is 2.64 bits per heavy atom. The summed E-state index contributed by atoms with van der Waals surface area (Å²) in [6, 6.07) is 15.2. The predicted octanol–water partition coefficient (Wildman–Crippen LogP) is 5.16. The predicted molar refractivity (Wildman–Crippen MR) is 97.7 cm³/mol. The standard InChI is InChI=1S/C16H10BrIN2O2/c17-11-6-2-1-5-10(11)15-20-14(16(21)22-15)9-19-13-8-4-3-7-12(13)18/h1-9,21H. The lowest BCUT2D eigenvalue weighted by atomic mass is 10.2. The van der Waals surface area contributed by atoms with Gasteiger partial charge in [-0.3, -0.25) is 4.99 Å². The maximum atomic E-state index is 9.89. The van der Waals surface area contributed by atoms with E-state index >= 15 is 0 Å². The van der Waals surface area contributed by atoms with E-state index in [-0.39, 0.29) is 5.95 Å². The Balaban J connectivity index is 1.94. The molecule has 0 spiro atoms. The molecule has 0 amide bonds. The average Bonchev–Trinajstić information content (AvgIpc) is 2.88. The summed E-state index contributed by atoms with van der Waals surface area (Å²) < 4.78 is 7.19. The normalized spacial score (nSPS) is 11.2. The van der Waals surface area contributed by atoms with Crippen molar-refractivity contribution >= 4 is 50.4 Å². The summed E-state index contributed by atoms with van der Waals surface area (Å²) in [4.78, 5) is 8.63. The SMILES string of the molecule is Oc1oc(-c2ccccc2Br)nc1C=Nc1ccccc1I. The molecule has 0 bridgehead atoms. The fourth-order valence-electron chi connectivity index (χ4n) is 1.84. The van der Waals surface area contributed by atoms with Gasteiger partial charge in [-0.1, -0.05) is 24.3 Å². The number of nitrogens with zero attached hydrogens (tertiary/aromatic N) is 2. The average molecular weight is 469 g/mol. The third-order valence-electron chi connectivity index (χ3n) is 2.92. The molecule has 3 aromatic rings. The number of hydrogen-bond donors (Lipinski definition) is 1. The molecule has 22 heavy (non-hydrogen) atoms. The first-order chi connectivity index (χ1) is 10.6. The Kier molecular flexibility index (Phi) is 4.58. The number of aliphatic imine (C=N–C) groups is 1. The maximum Gasteiger partial charge on any atom is 0.312 e. The molecule has 0 aliphatic carbocycles. The minimum Gasteiger partial charge on any atom is -0.479 e. The highest BCUT2D eigenvalue weighted by Gasteiger charge is 2.14. The molecule has 110 valence electrons. The van der Waals surface area contributed by atoms with Gasteiger partial charge in [-0.15, -0.1) is 0 Å². The van der Waals surface area contributed by atoms with Crippen LogP contribution < -0.4 is 0 Å². The first-order valence-corrected chi connectivity index (χ1v) is 8.25. The smallest absolute Gasteiger partial charge is 0.312 e. The first-order valence-electron chi connectivity index (χ1n) is 6.38. The second-order valence-corrected chi connectivity index (χ2v) is 6.42. The van der Waals surface area contributed by atoms with Crippen molar-refractivity contribution in [3.63, 3.8) is 0 Å². The van der Waals surface area contributed by atoms with Gasteiger partial charge in [-0.25, -0.2) is 4.98 Å². The van der Waals surface area contributed by atoms with E-state index in [1.54, 1.807) is 0 Å². The fraction of sp³-hybridized carbons (Fsp3) is 0. The van der Waals surface area contributed by atoms with Crippen LogP contribution in [0.4, 0.5) is 5.69 Å². The Labute approximate surface area is 149 Å². The van der Waals surface area contributed by atoms with E-state index in [1.807, 2.05) is 48.5 Å². The van der Waals surface area contributed by atoms with Crippen molar-refractivity contribution in [2.24, 2.45) is 4.99 Å². The molecule has 2 aromatic carbocycles. The molecule has 0 fully saturated rings. The molecule has 0 atom stereocenters. The van der Waals surface area contributed by atoms with Gasteiger partial charge in [-0.2, -0.15) is 0 Å². The van der Waals surface area contributed by atoms with Crippen molar-refractivity contribution < 1.29 is 9.52 Å². The number of hydrogen-bond acceptors (Lipinski definition) is 4. The minimum absolute atomic E-state index is 0.250. The number of halogens is 2. The van der Waals surface area contributed by atoms with E-state index in [0.29, 0.717) is 11.6 Å². The summed E-state index contributed by atoms with van der Waals surface area (Å²) in [6.07, 6.45) is 1.50. The molecule has 0 radical (unpaired) electrons. The summed E-state index contributed by atoms with van der Waals surface area (Å²) in [5, 5.41) is 9.89. The van der Waals surface area contributed by atoms with Crippen LogP contribution in [0.1, 0.15) is 5.69 Å². The van der Waals surface area contributed by atoms with Crippen LogP contribution in [0.3, 0.4) is 0 Å². The molecule has 1 N–H and O–H groups in total. The molecule has 0 aliphatic heterocycles. The lowest BCUT2D eigenvalue weighted by molar-refractivity contribution is 0.337. The lowest BCUT2D eigenvalue weighted by Gasteiger charge is -1.97. The molecule has 1 heterocycles. The number of oxazole rings is 1. The van der Waals surface area contributed by atoms with Gasteiger partial charge in [0.1, 0.15) is 0 Å². The molecular formula is C16H10BrIN2O2. The molecule has 1 aromatic heterocycles. The summed E-state index contributed by atoms with van der Waals surface area (Å²) in [5.41, 5.74) is 1.88. The lowest BCUT2D eigenvalue weighted by Crippen LogP contribution is -1.84. The third kappa shape index (κ3) is 3.22. The Bertz CT molecular complexity index is 846. The Hall–Kier alpha value is -1.67. The number of para-hydroxylation sites is 1. The van der Waals surface area contributed by atoms with Crippen molar-refractivity contribution in [3.05, 3.63) is 62.3 Å². The molecule has 0 saturated heterocycles. The fourth-order valence-corrected chi connectivity index (χ4v) is 2.83. The summed E-state index contributed by atoms with van der Waals surface area (Å²) in [7, 11) is 0. The molecule has 3 rings (SSSR count). The van der Waals surface area contributed by atoms with Gasteiger partial charge in [0.05, 0.1) is 17.5 Å². The molecule has 0 saturated carbocycles. The van der Waals surface area contributed by atoms with Gasteiger partial charge in [0, 0.05) is 8.04 Å². The van der Waals surface area contributed by atoms with Gasteiger partial charge in [0.2, 0.25) is 5.89 Å². The summed E-state index contributed by atoms with van der Waals surface area (Å²) >= 11 is 5.64. The van der Waals surface area contributed by atoms with E-state index in [4.69, 9.17) is 4.42 Å². The van der Waals surface area contributed by atoms with Crippen LogP contribution >= 0.6 is 38.5 Å². The van der Waals surface area contributed by atoms with Crippen molar-refractivity contribution in [1.82, 2.24) is 4.98 Å². The minimum atomic E-state index is -0.250. The quantitative estimate of drug-likeness (QED) is 0.426. The van der Waals surface area contributed by atoms with Gasteiger partial charge in [0.15, 0.2) is 5.69 Å². The number of aromatic nitrogens is 1. The van der Waals surface area contributed by atoms with Crippen LogP contribution in [0, 0.1) is 3.57 Å². The highest BCUT2D eigenvalue weighted by Crippen LogP contribution is 2.31. The van der Waals surface area contributed by atoms with Crippen molar-refractivity contribution in [2.75, 3.05) is 0 Å². The van der Waals surface area contributed by atoms with Crippen LogP contribution in [0.5, 0.6) is 5.95 Å². The van der Waals surface area contributed by atoms with Crippen LogP contribution in [0.2, 0.25) is 0 Å².